The van der Waals surface area contributed by atoms with Crippen LogP contribution in [0.4, 0.5) is 0 Å². The standard InChI is InChI=1S/C26H32ClN3O5S/c1-5-21(24(32)28-26(2,3)4)29(17-18-11-6-8-13-20(18)27)23(31)15-10-16-30-25(33)19-12-7-9-14-22(19)36(30,34)35/h6-9,11-14,21H,5,10,15-17H2,1-4H3,(H,28,32)/t21-/m0/s1. The second-order valence-electron chi connectivity index (χ2n) is 9.76. The first-order chi connectivity index (χ1) is 16.9. The van der Waals surface area contributed by atoms with Crippen LogP contribution in [0.3, 0.4) is 0 Å². The minimum Gasteiger partial charge on any atom is -0.350 e. The van der Waals surface area contributed by atoms with Crippen molar-refractivity contribution in [1.82, 2.24) is 14.5 Å². The summed E-state index contributed by atoms with van der Waals surface area (Å²) in [6.45, 7) is 7.41. The smallest absolute Gasteiger partial charge is 0.269 e. The van der Waals surface area contributed by atoms with E-state index in [0.717, 1.165) is 4.31 Å². The van der Waals surface area contributed by atoms with Crippen molar-refractivity contribution in [3.8, 4) is 0 Å². The third kappa shape index (κ3) is 6.07. The van der Waals surface area contributed by atoms with Gasteiger partial charge in [0.25, 0.3) is 15.9 Å². The van der Waals surface area contributed by atoms with E-state index in [0.29, 0.717) is 17.0 Å². The maximum atomic E-state index is 13.4. The van der Waals surface area contributed by atoms with E-state index in [1.165, 1.54) is 17.0 Å². The summed E-state index contributed by atoms with van der Waals surface area (Å²) in [6.07, 6.45) is 0.458. The molecule has 2 aromatic carbocycles. The number of hydrogen-bond donors (Lipinski definition) is 1. The van der Waals surface area contributed by atoms with Gasteiger partial charge in [0.15, 0.2) is 0 Å². The van der Waals surface area contributed by atoms with Crippen LogP contribution in [0, 0.1) is 0 Å². The van der Waals surface area contributed by atoms with Crippen LogP contribution in [-0.2, 0) is 26.2 Å². The summed E-state index contributed by atoms with van der Waals surface area (Å²) in [5.74, 6) is -1.20. The predicted octanol–water partition coefficient (Wildman–Crippen LogP) is 3.99. The highest BCUT2D eigenvalue weighted by atomic mass is 35.5. The number of rotatable bonds is 9. The molecular weight excluding hydrogens is 502 g/mol. The second-order valence-corrected chi connectivity index (χ2v) is 12.0. The molecule has 1 atom stereocenters. The summed E-state index contributed by atoms with van der Waals surface area (Å²) in [4.78, 5) is 40.6. The molecule has 0 spiro atoms. The lowest BCUT2D eigenvalue weighted by molar-refractivity contribution is -0.142. The summed E-state index contributed by atoms with van der Waals surface area (Å²) < 4.78 is 26.4. The van der Waals surface area contributed by atoms with E-state index in [1.807, 2.05) is 33.8 Å². The normalized spacial score (nSPS) is 15.4. The van der Waals surface area contributed by atoms with Crippen molar-refractivity contribution in [2.24, 2.45) is 0 Å². The first kappa shape index (κ1) is 27.7. The molecule has 36 heavy (non-hydrogen) atoms. The highest BCUT2D eigenvalue weighted by Gasteiger charge is 2.40. The fourth-order valence-corrected chi connectivity index (χ4v) is 5.96. The van der Waals surface area contributed by atoms with Gasteiger partial charge in [0.2, 0.25) is 11.8 Å². The molecule has 1 aliphatic rings. The van der Waals surface area contributed by atoms with E-state index in [1.54, 1.807) is 30.3 Å². The largest absolute Gasteiger partial charge is 0.350 e. The Morgan fingerprint density at radius 2 is 1.72 bits per heavy atom. The van der Waals surface area contributed by atoms with Gasteiger partial charge < -0.3 is 10.2 Å². The van der Waals surface area contributed by atoms with Crippen LogP contribution in [0.15, 0.2) is 53.4 Å². The molecule has 0 saturated carbocycles. The fourth-order valence-electron chi connectivity index (χ4n) is 4.15. The molecule has 3 rings (SSSR count). The Balaban J connectivity index is 1.77. The number of amides is 3. The molecule has 0 radical (unpaired) electrons. The van der Waals surface area contributed by atoms with Gasteiger partial charge in [0, 0.05) is 30.1 Å². The lowest BCUT2D eigenvalue weighted by Crippen LogP contribution is -2.53. The number of fused-ring (bicyclic) bond motifs is 1. The van der Waals surface area contributed by atoms with Gasteiger partial charge in [-0.3, -0.25) is 14.4 Å². The van der Waals surface area contributed by atoms with Crippen LogP contribution >= 0.6 is 11.6 Å². The van der Waals surface area contributed by atoms with Gasteiger partial charge in [0.1, 0.15) is 10.9 Å². The Labute approximate surface area is 217 Å². The number of nitrogens with zero attached hydrogens (tertiary/aromatic N) is 2. The van der Waals surface area contributed by atoms with Gasteiger partial charge >= 0.3 is 0 Å². The third-order valence-electron chi connectivity index (χ3n) is 5.85. The van der Waals surface area contributed by atoms with E-state index in [-0.39, 0.29) is 48.2 Å². The Kier molecular flexibility index (Phi) is 8.46. The third-order valence-corrected chi connectivity index (χ3v) is 8.06. The monoisotopic (exact) mass is 533 g/mol. The Bertz CT molecular complexity index is 1260. The highest BCUT2D eigenvalue weighted by Crippen LogP contribution is 2.30. The molecule has 0 aromatic heterocycles. The van der Waals surface area contributed by atoms with Crippen molar-refractivity contribution >= 4 is 39.3 Å². The molecular formula is C26H32ClN3O5S. The molecule has 0 fully saturated rings. The molecule has 8 nitrogen and oxygen atoms in total. The zero-order chi connectivity index (χ0) is 26.7. The molecule has 1 N–H and O–H groups in total. The minimum atomic E-state index is -3.95. The zero-order valence-corrected chi connectivity index (χ0v) is 22.5. The van der Waals surface area contributed by atoms with Gasteiger partial charge in [-0.1, -0.05) is 48.9 Å². The van der Waals surface area contributed by atoms with E-state index in [4.69, 9.17) is 11.6 Å². The summed E-state index contributed by atoms with van der Waals surface area (Å²) in [6, 6.07) is 12.4. The topological polar surface area (TPSA) is 104 Å². The van der Waals surface area contributed by atoms with Crippen LogP contribution < -0.4 is 5.32 Å². The van der Waals surface area contributed by atoms with Crippen molar-refractivity contribution in [2.45, 2.75) is 70.0 Å². The second kappa shape index (κ2) is 11.0. The molecule has 10 heteroatoms. The highest BCUT2D eigenvalue weighted by molar-refractivity contribution is 7.90. The maximum absolute atomic E-state index is 13.4. The number of carbonyl (C=O) groups is 3. The Hall–Kier alpha value is -2.91. The summed E-state index contributed by atoms with van der Waals surface area (Å²) >= 11 is 6.34. The maximum Gasteiger partial charge on any atom is 0.269 e. The van der Waals surface area contributed by atoms with Crippen molar-refractivity contribution in [2.75, 3.05) is 6.54 Å². The van der Waals surface area contributed by atoms with Gasteiger partial charge in [0.05, 0.1) is 5.56 Å². The van der Waals surface area contributed by atoms with Crippen LogP contribution in [0.25, 0.3) is 0 Å². The fraction of sp³-hybridized carbons (Fsp3) is 0.423. The zero-order valence-electron chi connectivity index (χ0n) is 21.0. The Morgan fingerprint density at radius 3 is 2.33 bits per heavy atom. The molecule has 3 amide bonds. The number of benzene rings is 2. The van der Waals surface area contributed by atoms with E-state index in [2.05, 4.69) is 5.32 Å². The molecule has 0 aliphatic carbocycles. The SMILES string of the molecule is CC[C@@H](C(=O)NC(C)(C)C)N(Cc1ccccc1Cl)C(=O)CCCN1C(=O)c2ccccc2S1(=O)=O. The number of sulfonamides is 1. The molecule has 2 aromatic rings. The lowest BCUT2D eigenvalue weighted by atomic mass is 10.0. The predicted molar refractivity (Wildman–Crippen MR) is 138 cm³/mol. The molecule has 194 valence electrons. The quantitative estimate of drug-likeness (QED) is 0.525. The summed E-state index contributed by atoms with van der Waals surface area (Å²) in [7, 11) is -3.95. The first-order valence-corrected chi connectivity index (χ1v) is 13.7. The van der Waals surface area contributed by atoms with Crippen LogP contribution in [0.5, 0.6) is 0 Å². The van der Waals surface area contributed by atoms with Gasteiger partial charge in [-0.25, -0.2) is 12.7 Å². The Morgan fingerprint density at radius 1 is 1.08 bits per heavy atom. The van der Waals surface area contributed by atoms with Crippen molar-refractivity contribution in [3.63, 3.8) is 0 Å². The lowest BCUT2D eigenvalue weighted by Gasteiger charge is -2.33. The number of hydrogen-bond acceptors (Lipinski definition) is 5. The number of halogens is 1. The molecule has 1 heterocycles. The summed E-state index contributed by atoms with van der Waals surface area (Å²) in [5, 5.41) is 3.41. The van der Waals surface area contributed by atoms with Crippen molar-refractivity contribution in [3.05, 3.63) is 64.7 Å². The van der Waals surface area contributed by atoms with Gasteiger partial charge in [-0.05, 0) is 57.4 Å². The van der Waals surface area contributed by atoms with E-state index < -0.39 is 27.5 Å². The van der Waals surface area contributed by atoms with Gasteiger partial charge in [-0.2, -0.15) is 0 Å². The number of carbonyl (C=O) groups excluding carboxylic acids is 3. The molecule has 0 bridgehead atoms. The first-order valence-electron chi connectivity index (χ1n) is 11.9. The van der Waals surface area contributed by atoms with Crippen molar-refractivity contribution < 1.29 is 22.8 Å². The van der Waals surface area contributed by atoms with E-state index in [9.17, 15) is 22.8 Å². The van der Waals surface area contributed by atoms with E-state index >= 15 is 0 Å². The molecule has 1 aliphatic heterocycles. The minimum absolute atomic E-state index is 0.0217. The van der Waals surface area contributed by atoms with Crippen LogP contribution in [-0.4, -0.2) is 53.5 Å². The average molecular weight is 534 g/mol. The van der Waals surface area contributed by atoms with Gasteiger partial charge in [-0.15, -0.1) is 0 Å². The number of nitrogens with one attached hydrogen (secondary N) is 1. The summed E-state index contributed by atoms with van der Waals surface area (Å²) in [5.41, 5.74) is 0.347. The van der Waals surface area contributed by atoms with Crippen LogP contribution in [0.1, 0.15) is 62.9 Å². The molecule has 0 saturated heterocycles. The average Bonchev–Trinajstić information content (AvgIpc) is 2.99. The van der Waals surface area contributed by atoms with Crippen molar-refractivity contribution in [1.29, 1.82) is 0 Å². The van der Waals surface area contributed by atoms with Crippen LogP contribution in [0.2, 0.25) is 5.02 Å². The molecule has 0 unspecified atom stereocenters.